The maximum atomic E-state index is 12.0. The standard InChI is InChI=1S/C13H14ClN3O2/c1-17-8-10(13(16-17)19-2)12(18)15-7-9-5-3-4-6-11(9)14/h3-6,8H,7H2,1-2H3,(H,15,18). The van der Waals surface area contributed by atoms with Crippen molar-refractivity contribution in [3.63, 3.8) is 0 Å². The molecule has 100 valence electrons. The van der Waals surface area contributed by atoms with Gasteiger partial charge >= 0.3 is 0 Å². The van der Waals surface area contributed by atoms with Crippen LogP contribution in [0.1, 0.15) is 15.9 Å². The van der Waals surface area contributed by atoms with Crippen LogP contribution in [0.5, 0.6) is 5.88 Å². The Morgan fingerprint density at radius 1 is 1.47 bits per heavy atom. The highest BCUT2D eigenvalue weighted by Gasteiger charge is 2.16. The molecule has 2 rings (SSSR count). The lowest BCUT2D eigenvalue weighted by Gasteiger charge is -2.06. The van der Waals surface area contributed by atoms with Crippen LogP contribution in [-0.4, -0.2) is 22.8 Å². The van der Waals surface area contributed by atoms with Crippen LogP contribution < -0.4 is 10.1 Å². The third kappa shape index (κ3) is 3.06. The summed E-state index contributed by atoms with van der Waals surface area (Å²) in [5, 5.41) is 7.44. The number of hydrogen-bond acceptors (Lipinski definition) is 3. The van der Waals surface area contributed by atoms with E-state index in [1.165, 1.54) is 11.8 Å². The zero-order valence-corrected chi connectivity index (χ0v) is 11.4. The first-order valence-electron chi connectivity index (χ1n) is 5.71. The fraction of sp³-hybridized carbons (Fsp3) is 0.231. The van der Waals surface area contributed by atoms with Gasteiger partial charge in [0.2, 0.25) is 5.88 Å². The Kier molecular flexibility index (Phi) is 4.06. The van der Waals surface area contributed by atoms with E-state index in [2.05, 4.69) is 10.4 Å². The number of rotatable bonds is 4. The van der Waals surface area contributed by atoms with E-state index >= 15 is 0 Å². The minimum absolute atomic E-state index is 0.245. The molecule has 0 spiro atoms. The van der Waals surface area contributed by atoms with Gasteiger partial charge < -0.3 is 10.1 Å². The summed E-state index contributed by atoms with van der Waals surface area (Å²) in [6.07, 6.45) is 1.61. The summed E-state index contributed by atoms with van der Waals surface area (Å²) >= 11 is 6.02. The summed E-state index contributed by atoms with van der Waals surface area (Å²) < 4.78 is 6.58. The Balaban J connectivity index is 2.07. The van der Waals surface area contributed by atoms with Gasteiger partial charge in [0, 0.05) is 24.8 Å². The molecule has 0 aliphatic rings. The summed E-state index contributed by atoms with van der Waals surface area (Å²) in [7, 11) is 3.21. The fourth-order valence-corrected chi connectivity index (χ4v) is 1.89. The van der Waals surface area contributed by atoms with E-state index in [1.807, 2.05) is 18.2 Å². The molecular formula is C13H14ClN3O2. The van der Waals surface area contributed by atoms with Gasteiger partial charge in [-0.25, -0.2) is 0 Å². The molecule has 0 saturated heterocycles. The highest BCUT2D eigenvalue weighted by atomic mass is 35.5. The number of aromatic nitrogens is 2. The number of nitrogens with one attached hydrogen (secondary N) is 1. The molecule has 1 N–H and O–H groups in total. The van der Waals surface area contributed by atoms with Gasteiger partial charge in [-0.1, -0.05) is 29.8 Å². The summed E-state index contributed by atoms with van der Waals surface area (Å²) in [4.78, 5) is 12.0. The molecule has 0 aliphatic carbocycles. The second kappa shape index (κ2) is 5.75. The number of carbonyl (C=O) groups excluding carboxylic acids is 1. The molecule has 0 aliphatic heterocycles. The topological polar surface area (TPSA) is 56.2 Å². The molecule has 6 heteroatoms. The summed E-state index contributed by atoms with van der Waals surface area (Å²) in [6.45, 7) is 0.358. The quantitative estimate of drug-likeness (QED) is 0.931. The Hall–Kier alpha value is -2.01. The lowest BCUT2D eigenvalue weighted by molar-refractivity contribution is 0.0948. The van der Waals surface area contributed by atoms with Crippen LogP contribution in [0.15, 0.2) is 30.5 Å². The van der Waals surface area contributed by atoms with E-state index in [1.54, 1.807) is 19.3 Å². The first-order valence-corrected chi connectivity index (χ1v) is 6.09. The molecule has 1 aromatic heterocycles. The third-order valence-electron chi connectivity index (χ3n) is 2.63. The largest absolute Gasteiger partial charge is 0.479 e. The third-order valence-corrected chi connectivity index (χ3v) is 3.00. The van der Waals surface area contributed by atoms with Gasteiger partial charge in [0.15, 0.2) is 0 Å². The van der Waals surface area contributed by atoms with E-state index in [0.717, 1.165) is 5.56 Å². The number of methoxy groups -OCH3 is 1. The predicted octanol–water partition coefficient (Wildman–Crippen LogP) is 2.01. The van der Waals surface area contributed by atoms with Gasteiger partial charge in [-0.3, -0.25) is 9.48 Å². The van der Waals surface area contributed by atoms with Crippen LogP contribution >= 0.6 is 11.6 Å². The predicted molar refractivity (Wildman–Crippen MR) is 72.4 cm³/mol. The molecule has 0 fully saturated rings. The van der Waals surface area contributed by atoms with Gasteiger partial charge in [0.25, 0.3) is 5.91 Å². The zero-order valence-electron chi connectivity index (χ0n) is 10.7. The van der Waals surface area contributed by atoms with Gasteiger partial charge in [-0.2, -0.15) is 0 Å². The van der Waals surface area contributed by atoms with E-state index in [-0.39, 0.29) is 5.91 Å². The number of aryl methyl sites for hydroxylation is 1. The van der Waals surface area contributed by atoms with Crippen molar-refractivity contribution in [2.75, 3.05) is 7.11 Å². The van der Waals surface area contributed by atoms with Crippen molar-refractivity contribution in [3.8, 4) is 5.88 Å². The maximum absolute atomic E-state index is 12.0. The molecule has 19 heavy (non-hydrogen) atoms. The first kappa shape index (κ1) is 13.4. The van der Waals surface area contributed by atoms with Gasteiger partial charge in [0.1, 0.15) is 5.56 Å². The first-order chi connectivity index (χ1) is 9.11. The molecule has 2 aromatic rings. The van der Waals surface area contributed by atoms with Crippen molar-refractivity contribution in [2.45, 2.75) is 6.54 Å². The number of carbonyl (C=O) groups is 1. The average Bonchev–Trinajstić information content (AvgIpc) is 2.79. The smallest absolute Gasteiger partial charge is 0.258 e. The molecule has 5 nitrogen and oxygen atoms in total. The van der Waals surface area contributed by atoms with Gasteiger partial charge in [-0.05, 0) is 11.6 Å². The van der Waals surface area contributed by atoms with E-state index in [4.69, 9.17) is 16.3 Å². The van der Waals surface area contributed by atoms with Gasteiger partial charge in [0.05, 0.1) is 7.11 Å². The Morgan fingerprint density at radius 3 is 2.89 bits per heavy atom. The van der Waals surface area contributed by atoms with Crippen molar-refractivity contribution >= 4 is 17.5 Å². The van der Waals surface area contributed by atoms with Crippen LogP contribution in [-0.2, 0) is 13.6 Å². The lowest BCUT2D eigenvalue weighted by Crippen LogP contribution is -2.23. The van der Waals surface area contributed by atoms with Crippen molar-refractivity contribution in [1.82, 2.24) is 15.1 Å². The van der Waals surface area contributed by atoms with Crippen LogP contribution in [0.2, 0.25) is 5.02 Å². The van der Waals surface area contributed by atoms with Crippen molar-refractivity contribution in [2.24, 2.45) is 7.05 Å². The number of halogens is 1. The summed E-state index contributed by atoms with van der Waals surface area (Å²) in [5.41, 5.74) is 1.26. The van der Waals surface area contributed by atoms with Crippen molar-refractivity contribution in [3.05, 3.63) is 46.6 Å². The second-order valence-electron chi connectivity index (χ2n) is 4.00. The zero-order chi connectivity index (χ0) is 13.8. The van der Waals surface area contributed by atoms with Crippen LogP contribution in [0.4, 0.5) is 0 Å². The van der Waals surface area contributed by atoms with Crippen LogP contribution in [0.25, 0.3) is 0 Å². The molecule has 0 bridgehead atoms. The molecule has 0 atom stereocenters. The molecule has 1 aromatic carbocycles. The van der Waals surface area contributed by atoms with E-state index < -0.39 is 0 Å². The van der Waals surface area contributed by atoms with Crippen molar-refractivity contribution in [1.29, 1.82) is 0 Å². The maximum Gasteiger partial charge on any atom is 0.258 e. The number of amides is 1. The SMILES string of the molecule is COc1nn(C)cc1C(=O)NCc1ccccc1Cl. The lowest BCUT2D eigenvalue weighted by atomic mass is 10.2. The van der Waals surface area contributed by atoms with Crippen LogP contribution in [0.3, 0.4) is 0 Å². The van der Waals surface area contributed by atoms with Crippen LogP contribution in [0, 0.1) is 0 Å². The summed E-state index contributed by atoms with van der Waals surface area (Å²) in [5.74, 6) is 0.0593. The normalized spacial score (nSPS) is 10.3. The Morgan fingerprint density at radius 2 is 2.21 bits per heavy atom. The molecule has 0 radical (unpaired) electrons. The molecule has 0 saturated carbocycles. The highest BCUT2D eigenvalue weighted by molar-refractivity contribution is 6.31. The number of nitrogens with zero attached hydrogens (tertiary/aromatic N) is 2. The monoisotopic (exact) mass is 279 g/mol. The van der Waals surface area contributed by atoms with Gasteiger partial charge in [-0.15, -0.1) is 5.10 Å². The number of benzene rings is 1. The minimum Gasteiger partial charge on any atom is -0.479 e. The highest BCUT2D eigenvalue weighted by Crippen LogP contribution is 2.17. The fourth-order valence-electron chi connectivity index (χ4n) is 1.69. The minimum atomic E-state index is -0.245. The number of ether oxygens (including phenoxy) is 1. The average molecular weight is 280 g/mol. The molecular weight excluding hydrogens is 266 g/mol. The van der Waals surface area contributed by atoms with Crippen molar-refractivity contribution < 1.29 is 9.53 Å². The molecule has 1 heterocycles. The Bertz CT molecular complexity index is 595. The second-order valence-corrected chi connectivity index (χ2v) is 4.41. The molecule has 0 unspecified atom stereocenters. The van der Waals surface area contributed by atoms with E-state index in [9.17, 15) is 4.79 Å². The Labute approximate surface area is 116 Å². The number of hydrogen-bond donors (Lipinski definition) is 1. The van der Waals surface area contributed by atoms with E-state index in [0.29, 0.717) is 23.0 Å². The summed E-state index contributed by atoms with van der Waals surface area (Å²) in [6, 6.07) is 7.37. The molecule has 1 amide bonds.